The Morgan fingerprint density at radius 3 is 2.55 bits per heavy atom. The SMILES string of the molecule is C=CC(=O)C[C@H]1COC[C@H]1Nc1cc2c(NCC3CC3)nc(-c3c(F)c(OC)cc(OC)c3F)cc2cn1. The molecule has 1 saturated carbocycles. The number of methoxy groups -OCH3 is 2. The fraction of sp³-hybridized carbons (Fsp3) is 0.393. The molecular formula is C28H30F2N4O4. The Balaban J connectivity index is 1.54. The predicted octanol–water partition coefficient (Wildman–Crippen LogP) is 4.99. The maximum atomic E-state index is 15.3. The number of carbonyl (C=O) groups excluding carboxylic acids is 1. The summed E-state index contributed by atoms with van der Waals surface area (Å²) in [5, 5.41) is 8.15. The monoisotopic (exact) mass is 524 g/mol. The first-order chi connectivity index (χ1) is 18.4. The second-order valence-corrected chi connectivity index (χ2v) is 9.68. The maximum Gasteiger partial charge on any atom is 0.177 e. The van der Waals surface area contributed by atoms with E-state index < -0.39 is 11.6 Å². The van der Waals surface area contributed by atoms with Crippen molar-refractivity contribution in [2.24, 2.45) is 11.8 Å². The number of hydrogen-bond donors (Lipinski definition) is 2. The van der Waals surface area contributed by atoms with Crippen LogP contribution in [0.2, 0.25) is 0 Å². The average Bonchev–Trinajstić information content (AvgIpc) is 3.66. The first-order valence-electron chi connectivity index (χ1n) is 12.6. The molecule has 0 spiro atoms. The molecule has 1 aliphatic heterocycles. The minimum Gasteiger partial charge on any atom is -0.494 e. The van der Waals surface area contributed by atoms with Gasteiger partial charge in [0.25, 0.3) is 0 Å². The first kappa shape index (κ1) is 25.8. The highest BCUT2D eigenvalue weighted by molar-refractivity contribution is 5.96. The minimum absolute atomic E-state index is 0.0000447. The number of anilines is 2. The molecule has 8 nitrogen and oxygen atoms in total. The molecule has 3 heterocycles. The Labute approximate surface area is 219 Å². The summed E-state index contributed by atoms with van der Waals surface area (Å²) in [6.45, 7) is 5.18. The van der Waals surface area contributed by atoms with Crippen molar-refractivity contribution in [1.82, 2.24) is 9.97 Å². The topological polar surface area (TPSA) is 94.6 Å². The van der Waals surface area contributed by atoms with E-state index in [0.717, 1.165) is 18.2 Å². The van der Waals surface area contributed by atoms with Crippen molar-refractivity contribution in [3.63, 3.8) is 0 Å². The van der Waals surface area contributed by atoms with E-state index >= 15 is 8.78 Å². The lowest BCUT2D eigenvalue weighted by atomic mass is 9.97. The average molecular weight is 525 g/mol. The zero-order chi connectivity index (χ0) is 26.8. The number of pyridine rings is 2. The van der Waals surface area contributed by atoms with Crippen molar-refractivity contribution in [3.8, 4) is 22.8 Å². The Bertz CT molecular complexity index is 1350. The van der Waals surface area contributed by atoms with Crippen molar-refractivity contribution in [2.45, 2.75) is 25.3 Å². The van der Waals surface area contributed by atoms with E-state index in [1.54, 1.807) is 12.3 Å². The number of ether oxygens (including phenoxy) is 3. The summed E-state index contributed by atoms with van der Waals surface area (Å²) in [6, 6.07) is 4.53. The molecule has 0 unspecified atom stereocenters. The summed E-state index contributed by atoms with van der Waals surface area (Å²) in [6.07, 6.45) is 5.56. The van der Waals surface area contributed by atoms with Crippen LogP contribution < -0.4 is 20.1 Å². The van der Waals surface area contributed by atoms with Crippen LogP contribution in [-0.4, -0.2) is 55.8 Å². The lowest BCUT2D eigenvalue weighted by Crippen LogP contribution is -2.29. The van der Waals surface area contributed by atoms with Crippen LogP contribution >= 0.6 is 0 Å². The van der Waals surface area contributed by atoms with Crippen molar-refractivity contribution in [2.75, 3.05) is 44.6 Å². The largest absolute Gasteiger partial charge is 0.494 e. The van der Waals surface area contributed by atoms with E-state index in [1.807, 2.05) is 6.07 Å². The number of halogens is 2. The second-order valence-electron chi connectivity index (χ2n) is 9.68. The third-order valence-electron chi connectivity index (χ3n) is 7.02. The molecule has 0 radical (unpaired) electrons. The lowest BCUT2D eigenvalue weighted by Gasteiger charge is -2.19. The summed E-state index contributed by atoms with van der Waals surface area (Å²) in [4.78, 5) is 21.1. The quantitative estimate of drug-likeness (QED) is 0.339. The zero-order valence-corrected chi connectivity index (χ0v) is 21.4. The van der Waals surface area contributed by atoms with Gasteiger partial charge < -0.3 is 24.8 Å². The highest BCUT2D eigenvalue weighted by atomic mass is 19.1. The van der Waals surface area contributed by atoms with Crippen molar-refractivity contribution < 1.29 is 27.8 Å². The van der Waals surface area contributed by atoms with Crippen LogP contribution in [0.3, 0.4) is 0 Å². The Hall–Kier alpha value is -3.79. The van der Waals surface area contributed by atoms with Gasteiger partial charge in [-0.3, -0.25) is 4.79 Å². The molecule has 2 N–H and O–H groups in total. The predicted molar refractivity (Wildman–Crippen MR) is 141 cm³/mol. The van der Waals surface area contributed by atoms with Crippen molar-refractivity contribution in [1.29, 1.82) is 0 Å². The van der Waals surface area contributed by atoms with Crippen LogP contribution in [-0.2, 0) is 9.53 Å². The standard InChI is InChI=1S/C28H30F2N4O4/c1-4-18(35)7-17-13-38-14-21(17)33-24-9-19-16(12-31-24)8-20(34-28(19)32-11-15-5-6-15)25-26(29)22(36-2)10-23(37-3)27(25)30/h4,8-10,12,15,17,21H,1,5-7,11,13-14H2,2-3H3,(H,31,33)(H,32,34)/t17-,21+/m0/s1. The molecule has 2 fully saturated rings. The number of benzene rings is 1. The summed E-state index contributed by atoms with van der Waals surface area (Å²) >= 11 is 0. The van der Waals surface area contributed by atoms with Gasteiger partial charge in [-0.1, -0.05) is 6.58 Å². The number of allylic oxidation sites excluding steroid dienone is 1. The molecule has 5 rings (SSSR count). The summed E-state index contributed by atoms with van der Waals surface area (Å²) < 4.78 is 46.4. The number of carbonyl (C=O) groups is 1. The normalized spacial score (nSPS) is 18.8. The van der Waals surface area contributed by atoms with E-state index in [4.69, 9.17) is 14.2 Å². The van der Waals surface area contributed by atoms with Crippen LogP contribution in [0, 0.1) is 23.5 Å². The van der Waals surface area contributed by atoms with Crippen LogP contribution in [0.1, 0.15) is 19.3 Å². The molecule has 0 bridgehead atoms. The number of rotatable bonds is 11. The summed E-state index contributed by atoms with van der Waals surface area (Å²) in [5.41, 5.74) is -0.240. The molecule has 1 saturated heterocycles. The van der Waals surface area contributed by atoms with Gasteiger partial charge in [0.15, 0.2) is 28.9 Å². The number of aromatic nitrogens is 2. The number of ketones is 1. The molecule has 38 heavy (non-hydrogen) atoms. The number of nitrogens with one attached hydrogen (secondary N) is 2. The van der Waals surface area contributed by atoms with E-state index in [2.05, 4.69) is 27.2 Å². The van der Waals surface area contributed by atoms with E-state index in [-0.39, 0.29) is 40.5 Å². The van der Waals surface area contributed by atoms with E-state index in [9.17, 15) is 4.79 Å². The van der Waals surface area contributed by atoms with Gasteiger partial charge in [-0.2, -0.15) is 0 Å². The van der Waals surface area contributed by atoms with Gasteiger partial charge >= 0.3 is 0 Å². The molecule has 1 aliphatic carbocycles. The molecule has 0 amide bonds. The molecule has 200 valence electrons. The van der Waals surface area contributed by atoms with Crippen molar-refractivity contribution in [3.05, 3.63) is 48.7 Å². The molecule has 2 aliphatic rings. The molecule has 2 aromatic heterocycles. The summed E-state index contributed by atoms with van der Waals surface area (Å²) in [7, 11) is 2.61. The molecule has 3 aromatic rings. The highest BCUT2D eigenvalue weighted by Gasteiger charge is 2.30. The second kappa shape index (κ2) is 10.9. The minimum atomic E-state index is -0.863. The Morgan fingerprint density at radius 2 is 1.89 bits per heavy atom. The summed E-state index contributed by atoms with van der Waals surface area (Å²) in [5.74, 6) is -0.418. The molecule has 10 heteroatoms. The van der Waals surface area contributed by atoms with Gasteiger partial charge in [-0.15, -0.1) is 0 Å². The van der Waals surface area contributed by atoms with Gasteiger partial charge in [-0.25, -0.2) is 18.7 Å². The Kier molecular flexibility index (Phi) is 7.42. The third kappa shape index (κ3) is 5.26. The Morgan fingerprint density at radius 1 is 1.16 bits per heavy atom. The van der Waals surface area contributed by atoms with Gasteiger partial charge in [0, 0.05) is 41.9 Å². The van der Waals surface area contributed by atoms with Crippen LogP contribution in [0.15, 0.2) is 37.1 Å². The van der Waals surface area contributed by atoms with Crippen LogP contribution in [0.25, 0.3) is 22.0 Å². The number of fused-ring (bicyclic) bond motifs is 1. The van der Waals surface area contributed by atoms with Crippen molar-refractivity contribution >= 4 is 28.2 Å². The number of nitrogens with zero attached hydrogens (tertiary/aromatic N) is 2. The van der Waals surface area contributed by atoms with Crippen LogP contribution in [0.4, 0.5) is 20.4 Å². The van der Waals surface area contributed by atoms with E-state index in [1.165, 1.54) is 26.4 Å². The first-order valence-corrected chi connectivity index (χ1v) is 12.6. The third-order valence-corrected chi connectivity index (χ3v) is 7.02. The van der Waals surface area contributed by atoms with Gasteiger partial charge in [0.1, 0.15) is 11.6 Å². The number of hydrogen-bond acceptors (Lipinski definition) is 8. The lowest BCUT2D eigenvalue weighted by molar-refractivity contribution is -0.115. The maximum absolute atomic E-state index is 15.3. The fourth-order valence-electron chi connectivity index (χ4n) is 4.65. The van der Waals surface area contributed by atoms with E-state index in [0.29, 0.717) is 49.1 Å². The molecular weight excluding hydrogens is 494 g/mol. The molecule has 2 atom stereocenters. The zero-order valence-electron chi connectivity index (χ0n) is 21.4. The highest BCUT2D eigenvalue weighted by Crippen LogP contribution is 2.39. The van der Waals surface area contributed by atoms with Gasteiger partial charge in [-0.05, 0) is 37.0 Å². The smallest absolute Gasteiger partial charge is 0.177 e. The van der Waals surface area contributed by atoms with Gasteiger partial charge in [0.05, 0.1) is 44.7 Å². The van der Waals surface area contributed by atoms with Gasteiger partial charge in [0.2, 0.25) is 0 Å². The molecule has 1 aromatic carbocycles. The van der Waals surface area contributed by atoms with Crippen LogP contribution in [0.5, 0.6) is 11.5 Å². The fourth-order valence-corrected chi connectivity index (χ4v) is 4.65.